The number of likely N-dealkylation sites (tertiary alicyclic amines) is 1. The lowest BCUT2D eigenvalue weighted by atomic mass is 9.89. The van der Waals surface area contributed by atoms with Crippen LogP contribution in [-0.2, 0) is 0 Å². The highest BCUT2D eigenvalue weighted by Gasteiger charge is 2.24. The molecule has 0 atom stereocenters. The molecular formula is C17H18N2O2. The minimum absolute atomic E-state index is 0.0485. The van der Waals surface area contributed by atoms with Crippen molar-refractivity contribution < 1.29 is 4.79 Å². The minimum atomic E-state index is -0.236. The molecule has 1 fully saturated rings. The summed E-state index contributed by atoms with van der Waals surface area (Å²) >= 11 is 0. The number of pyridine rings is 1. The van der Waals surface area contributed by atoms with E-state index in [1.807, 2.05) is 11.0 Å². The maximum absolute atomic E-state index is 12.4. The van der Waals surface area contributed by atoms with Crippen LogP contribution in [0.15, 0.2) is 53.5 Å². The minimum Gasteiger partial charge on any atom is -0.339 e. The van der Waals surface area contributed by atoms with Gasteiger partial charge in [0.1, 0.15) is 0 Å². The van der Waals surface area contributed by atoms with Crippen molar-refractivity contribution in [2.75, 3.05) is 13.1 Å². The Morgan fingerprint density at radius 2 is 1.81 bits per heavy atom. The Hall–Kier alpha value is -2.36. The van der Waals surface area contributed by atoms with Gasteiger partial charge in [0.25, 0.3) is 5.91 Å². The fourth-order valence-electron chi connectivity index (χ4n) is 2.90. The fraction of sp³-hybridized carbons (Fsp3) is 0.294. The number of hydrogen-bond donors (Lipinski definition) is 1. The van der Waals surface area contributed by atoms with E-state index in [2.05, 4.69) is 29.2 Å². The fourth-order valence-corrected chi connectivity index (χ4v) is 2.90. The summed E-state index contributed by atoms with van der Waals surface area (Å²) in [6.45, 7) is 1.48. The van der Waals surface area contributed by atoms with Crippen LogP contribution in [0.3, 0.4) is 0 Å². The Balaban J connectivity index is 1.66. The molecule has 0 bridgehead atoms. The van der Waals surface area contributed by atoms with Crippen molar-refractivity contribution in [2.24, 2.45) is 0 Å². The average Bonchev–Trinajstić information content (AvgIpc) is 2.55. The van der Waals surface area contributed by atoms with E-state index in [9.17, 15) is 9.59 Å². The number of nitrogens with one attached hydrogen (secondary N) is 1. The largest absolute Gasteiger partial charge is 0.339 e. The van der Waals surface area contributed by atoms with Gasteiger partial charge in [0.05, 0.1) is 0 Å². The van der Waals surface area contributed by atoms with Crippen LogP contribution >= 0.6 is 0 Å². The molecule has 0 spiro atoms. The lowest BCUT2D eigenvalue weighted by Gasteiger charge is -2.32. The zero-order chi connectivity index (χ0) is 14.7. The number of nitrogens with zero attached hydrogens (tertiary/aromatic N) is 1. The monoisotopic (exact) mass is 282 g/mol. The molecule has 0 saturated carbocycles. The predicted molar refractivity (Wildman–Crippen MR) is 81.4 cm³/mol. The molecule has 1 N–H and O–H groups in total. The van der Waals surface area contributed by atoms with Crippen LogP contribution in [0.1, 0.15) is 34.7 Å². The summed E-state index contributed by atoms with van der Waals surface area (Å²) in [5.41, 5.74) is 1.58. The van der Waals surface area contributed by atoms with Gasteiger partial charge in [-0.1, -0.05) is 30.3 Å². The van der Waals surface area contributed by atoms with E-state index in [0.29, 0.717) is 11.5 Å². The number of hydrogen-bond acceptors (Lipinski definition) is 2. The lowest BCUT2D eigenvalue weighted by molar-refractivity contribution is 0.0712. The number of piperidine rings is 1. The molecule has 0 unspecified atom stereocenters. The second kappa shape index (κ2) is 5.95. The summed E-state index contributed by atoms with van der Waals surface area (Å²) in [7, 11) is 0. The maximum atomic E-state index is 12.4. The van der Waals surface area contributed by atoms with Crippen molar-refractivity contribution in [3.05, 3.63) is 70.1 Å². The number of carbonyl (C=O) groups excluding carboxylic acids is 1. The van der Waals surface area contributed by atoms with Gasteiger partial charge in [-0.25, -0.2) is 0 Å². The van der Waals surface area contributed by atoms with Crippen LogP contribution in [0, 0.1) is 0 Å². The molecule has 21 heavy (non-hydrogen) atoms. The molecule has 1 aromatic heterocycles. The normalized spacial score (nSPS) is 15.9. The lowest BCUT2D eigenvalue weighted by Crippen LogP contribution is -2.38. The second-order valence-electron chi connectivity index (χ2n) is 5.42. The molecule has 0 aliphatic carbocycles. The number of rotatable bonds is 2. The first-order chi connectivity index (χ1) is 10.2. The Kier molecular flexibility index (Phi) is 3.86. The first-order valence-electron chi connectivity index (χ1n) is 7.27. The number of benzene rings is 1. The molecule has 1 aromatic carbocycles. The number of aromatic nitrogens is 1. The second-order valence-corrected chi connectivity index (χ2v) is 5.42. The highest BCUT2D eigenvalue weighted by Crippen LogP contribution is 2.28. The smallest absolute Gasteiger partial charge is 0.254 e. The van der Waals surface area contributed by atoms with Gasteiger partial charge in [0.2, 0.25) is 5.56 Å². The first-order valence-corrected chi connectivity index (χ1v) is 7.27. The Morgan fingerprint density at radius 3 is 2.48 bits per heavy atom. The van der Waals surface area contributed by atoms with E-state index in [0.717, 1.165) is 25.9 Å². The highest BCUT2D eigenvalue weighted by molar-refractivity contribution is 5.94. The zero-order valence-corrected chi connectivity index (χ0v) is 11.8. The maximum Gasteiger partial charge on any atom is 0.254 e. The van der Waals surface area contributed by atoms with E-state index in [4.69, 9.17) is 0 Å². The topological polar surface area (TPSA) is 53.2 Å². The molecule has 3 rings (SSSR count). The summed E-state index contributed by atoms with van der Waals surface area (Å²) in [6, 6.07) is 13.5. The molecule has 1 aliphatic heterocycles. The average molecular weight is 282 g/mol. The third-order valence-electron chi connectivity index (χ3n) is 4.08. The third-order valence-corrected chi connectivity index (χ3v) is 4.08. The summed E-state index contributed by atoms with van der Waals surface area (Å²) < 4.78 is 0. The van der Waals surface area contributed by atoms with E-state index in [1.54, 1.807) is 6.07 Å². The number of carbonyl (C=O) groups is 1. The van der Waals surface area contributed by atoms with Crippen LogP contribution in [0.2, 0.25) is 0 Å². The van der Waals surface area contributed by atoms with Gasteiger partial charge in [0.15, 0.2) is 0 Å². The van der Waals surface area contributed by atoms with E-state index in [-0.39, 0.29) is 11.5 Å². The Labute approximate surface area is 123 Å². The number of H-pyrrole nitrogens is 1. The van der Waals surface area contributed by atoms with E-state index >= 15 is 0 Å². The Morgan fingerprint density at radius 1 is 1.10 bits per heavy atom. The molecule has 2 aromatic rings. The molecule has 4 nitrogen and oxygen atoms in total. The third kappa shape index (κ3) is 3.05. The SMILES string of the molecule is O=C(c1cc[nH]c(=O)c1)N1CCC(c2ccccc2)CC1. The Bertz CT molecular complexity index is 670. The summed E-state index contributed by atoms with van der Waals surface area (Å²) in [4.78, 5) is 28.0. The van der Waals surface area contributed by atoms with Crippen LogP contribution in [-0.4, -0.2) is 28.9 Å². The van der Waals surface area contributed by atoms with Gasteiger partial charge in [-0.3, -0.25) is 9.59 Å². The quantitative estimate of drug-likeness (QED) is 0.919. The standard InChI is InChI=1S/C17H18N2O2/c20-16-12-15(6-9-18-16)17(21)19-10-7-14(8-11-19)13-4-2-1-3-5-13/h1-6,9,12,14H,7-8,10-11H2,(H,18,20). The van der Waals surface area contributed by atoms with Crippen molar-refractivity contribution in [1.29, 1.82) is 0 Å². The van der Waals surface area contributed by atoms with Gasteiger partial charge in [-0.15, -0.1) is 0 Å². The highest BCUT2D eigenvalue weighted by atomic mass is 16.2. The summed E-state index contributed by atoms with van der Waals surface area (Å²) in [5.74, 6) is 0.474. The van der Waals surface area contributed by atoms with Gasteiger partial charge < -0.3 is 9.88 Å². The van der Waals surface area contributed by atoms with Gasteiger partial charge in [-0.2, -0.15) is 0 Å². The van der Waals surface area contributed by atoms with E-state index in [1.165, 1.54) is 17.8 Å². The van der Waals surface area contributed by atoms with Crippen molar-refractivity contribution in [1.82, 2.24) is 9.88 Å². The van der Waals surface area contributed by atoms with Gasteiger partial charge >= 0.3 is 0 Å². The van der Waals surface area contributed by atoms with Crippen molar-refractivity contribution in [3.8, 4) is 0 Å². The molecule has 1 amide bonds. The van der Waals surface area contributed by atoms with Crippen molar-refractivity contribution >= 4 is 5.91 Å². The molecule has 0 radical (unpaired) electrons. The van der Waals surface area contributed by atoms with E-state index < -0.39 is 0 Å². The molecule has 2 heterocycles. The number of amides is 1. The van der Waals surface area contributed by atoms with Gasteiger partial charge in [-0.05, 0) is 30.4 Å². The van der Waals surface area contributed by atoms with Crippen LogP contribution in [0.25, 0.3) is 0 Å². The van der Waals surface area contributed by atoms with Crippen LogP contribution < -0.4 is 5.56 Å². The summed E-state index contributed by atoms with van der Waals surface area (Å²) in [5, 5.41) is 0. The summed E-state index contributed by atoms with van der Waals surface area (Å²) in [6.07, 6.45) is 3.46. The molecule has 4 heteroatoms. The first kappa shape index (κ1) is 13.6. The zero-order valence-electron chi connectivity index (χ0n) is 11.8. The predicted octanol–water partition coefficient (Wildman–Crippen LogP) is 2.39. The molecule has 1 saturated heterocycles. The van der Waals surface area contributed by atoms with Crippen LogP contribution in [0.5, 0.6) is 0 Å². The van der Waals surface area contributed by atoms with Crippen molar-refractivity contribution in [3.63, 3.8) is 0 Å². The number of aromatic amines is 1. The van der Waals surface area contributed by atoms with Crippen molar-refractivity contribution in [2.45, 2.75) is 18.8 Å². The van der Waals surface area contributed by atoms with Gasteiger partial charge in [0, 0.05) is 30.9 Å². The molecule has 108 valence electrons. The van der Waals surface area contributed by atoms with Crippen LogP contribution in [0.4, 0.5) is 0 Å². The molecular weight excluding hydrogens is 264 g/mol. The molecule has 1 aliphatic rings.